The number of ether oxygens (including phenoxy) is 2. The average molecular weight is 367 g/mol. The highest BCUT2D eigenvalue weighted by Crippen LogP contribution is 2.59. The molecule has 0 radical (unpaired) electrons. The van der Waals surface area contributed by atoms with Crippen LogP contribution in [0.15, 0.2) is 30.3 Å². The van der Waals surface area contributed by atoms with Gasteiger partial charge in [0, 0.05) is 12.6 Å². The summed E-state index contributed by atoms with van der Waals surface area (Å²) in [4.78, 5) is 38.1. The molecule has 1 aromatic rings. The van der Waals surface area contributed by atoms with Gasteiger partial charge in [-0.2, -0.15) is 0 Å². The lowest BCUT2D eigenvalue weighted by molar-refractivity contribution is -0.137. The molecule has 1 N–H and O–H groups in total. The molecule has 0 aliphatic rings. The van der Waals surface area contributed by atoms with E-state index >= 15 is 0 Å². The molecule has 0 saturated heterocycles. The molecule has 1 aromatic carbocycles. The van der Waals surface area contributed by atoms with E-state index in [1.807, 2.05) is 33.8 Å². The number of esters is 2. The van der Waals surface area contributed by atoms with E-state index in [4.69, 9.17) is 9.47 Å². The maximum Gasteiger partial charge on any atom is 0.345 e. The average Bonchev–Trinajstić information content (AvgIpc) is 2.58. The van der Waals surface area contributed by atoms with Gasteiger partial charge in [-0.15, -0.1) is 0 Å². The molecule has 0 spiro atoms. The third-order valence-electron chi connectivity index (χ3n) is 4.12. The zero-order valence-electron chi connectivity index (χ0n) is 15.5. The lowest BCUT2D eigenvalue weighted by atomic mass is 10.3. The number of nitrogens with one attached hydrogen (secondary N) is 1. The van der Waals surface area contributed by atoms with Crippen LogP contribution in [-0.2, 0) is 19.1 Å². The SMILES string of the molecule is COC(=O)C(C(=O)OC)=P(C(=O)Nc1ccccc1)(C(C)C)C(C)C. The van der Waals surface area contributed by atoms with Crippen LogP contribution in [-0.4, -0.2) is 48.4 Å². The first-order valence-corrected chi connectivity index (χ1v) is 9.95. The number of para-hydroxylation sites is 1. The Kier molecular flexibility index (Phi) is 7.43. The fourth-order valence-corrected chi connectivity index (χ4v) is 7.47. The quantitative estimate of drug-likeness (QED) is 0.472. The van der Waals surface area contributed by atoms with Gasteiger partial charge < -0.3 is 14.8 Å². The topological polar surface area (TPSA) is 81.7 Å². The predicted octanol–water partition coefficient (Wildman–Crippen LogP) is 3.57. The summed E-state index contributed by atoms with van der Waals surface area (Å²) in [7, 11) is 2.38. The third kappa shape index (κ3) is 4.13. The molecule has 25 heavy (non-hydrogen) atoms. The van der Waals surface area contributed by atoms with Crippen molar-refractivity contribution in [2.45, 2.75) is 39.0 Å². The van der Waals surface area contributed by atoms with Crippen molar-refractivity contribution < 1.29 is 23.9 Å². The van der Waals surface area contributed by atoms with Crippen molar-refractivity contribution in [1.82, 2.24) is 0 Å². The molecule has 6 nitrogen and oxygen atoms in total. The van der Waals surface area contributed by atoms with E-state index in [0.717, 1.165) is 0 Å². The molecule has 0 unspecified atom stereocenters. The van der Waals surface area contributed by atoms with E-state index in [1.165, 1.54) is 14.2 Å². The van der Waals surface area contributed by atoms with Crippen LogP contribution >= 0.6 is 6.89 Å². The van der Waals surface area contributed by atoms with Crippen LogP contribution in [0.25, 0.3) is 0 Å². The van der Waals surface area contributed by atoms with Crippen molar-refractivity contribution in [3.63, 3.8) is 0 Å². The summed E-state index contributed by atoms with van der Waals surface area (Å²) in [5, 5.41) is 2.67. The second-order valence-corrected chi connectivity index (χ2v) is 10.6. The van der Waals surface area contributed by atoms with Crippen LogP contribution in [0.5, 0.6) is 0 Å². The monoisotopic (exact) mass is 367 g/mol. The summed E-state index contributed by atoms with van der Waals surface area (Å²) in [6.45, 7) is 4.42. The van der Waals surface area contributed by atoms with Crippen molar-refractivity contribution in [1.29, 1.82) is 0 Å². The first-order valence-electron chi connectivity index (χ1n) is 8.02. The second-order valence-electron chi connectivity index (χ2n) is 6.09. The Hall–Kier alpha value is -2.07. The fourth-order valence-electron chi connectivity index (χ4n) is 3.00. The van der Waals surface area contributed by atoms with Gasteiger partial charge in [0.2, 0.25) is 5.65 Å². The number of rotatable bonds is 6. The highest BCUT2D eigenvalue weighted by Gasteiger charge is 2.43. The van der Waals surface area contributed by atoms with Gasteiger partial charge in [0.25, 0.3) is 0 Å². The number of carbonyl (C=O) groups is 3. The molecule has 0 aliphatic carbocycles. The summed E-state index contributed by atoms with van der Waals surface area (Å²) < 4.78 is 9.63. The Morgan fingerprint density at radius 3 is 1.68 bits per heavy atom. The molecule has 0 atom stereocenters. The number of hydrogen-bond acceptors (Lipinski definition) is 5. The maximum atomic E-state index is 13.3. The van der Waals surface area contributed by atoms with Crippen LogP contribution in [0.1, 0.15) is 27.7 Å². The van der Waals surface area contributed by atoms with Gasteiger partial charge in [0.1, 0.15) is 0 Å². The molecule has 0 bridgehead atoms. The number of amides is 1. The van der Waals surface area contributed by atoms with Crippen LogP contribution in [0.2, 0.25) is 0 Å². The Labute approximate surface area is 148 Å². The Bertz CT molecular complexity index is 665. The molecular formula is C18H26NO5P. The minimum absolute atomic E-state index is 0.184. The molecule has 0 heterocycles. The van der Waals surface area contributed by atoms with Crippen LogP contribution in [0.3, 0.4) is 0 Å². The van der Waals surface area contributed by atoms with Crippen LogP contribution < -0.4 is 5.32 Å². The van der Waals surface area contributed by atoms with Crippen molar-refractivity contribution in [2.75, 3.05) is 19.5 Å². The number of carbonyl (C=O) groups excluding carboxylic acids is 3. The summed E-state index contributed by atoms with van der Waals surface area (Å²) in [6, 6.07) is 8.94. The highest BCUT2D eigenvalue weighted by molar-refractivity contribution is 7.94. The van der Waals surface area contributed by atoms with Crippen molar-refractivity contribution in [3.05, 3.63) is 30.3 Å². The first-order chi connectivity index (χ1) is 11.7. The van der Waals surface area contributed by atoms with Gasteiger partial charge in [-0.25, -0.2) is 9.59 Å². The van der Waals surface area contributed by atoms with E-state index in [9.17, 15) is 14.4 Å². The molecule has 0 aliphatic heterocycles. The summed E-state index contributed by atoms with van der Waals surface area (Å²) in [5.74, 6) is -1.63. The minimum Gasteiger partial charge on any atom is -0.465 e. The minimum atomic E-state index is -2.93. The summed E-state index contributed by atoms with van der Waals surface area (Å²) in [6.07, 6.45) is 0. The lowest BCUT2D eigenvalue weighted by Gasteiger charge is -2.34. The zero-order valence-corrected chi connectivity index (χ0v) is 16.4. The third-order valence-corrected chi connectivity index (χ3v) is 9.26. The molecule has 0 fully saturated rings. The summed E-state index contributed by atoms with van der Waals surface area (Å²) in [5.41, 5.74) is -0.226. The van der Waals surface area contributed by atoms with E-state index in [0.29, 0.717) is 5.69 Å². The molecule has 0 aromatic heterocycles. The Balaban J connectivity index is 3.73. The molecule has 7 heteroatoms. The largest absolute Gasteiger partial charge is 0.465 e. The summed E-state index contributed by atoms with van der Waals surface area (Å²) >= 11 is 0. The van der Waals surface area contributed by atoms with E-state index < -0.39 is 18.8 Å². The van der Waals surface area contributed by atoms with Gasteiger partial charge in [-0.1, -0.05) is 45.9 Å². The smallest absolute Gasteiger partial charge is 0.345 e. The number of anilines is 1. The van der Waals surface area contributed by atoms with Gasteiger partial charge >= 0.3 is 11.9 Å². The first kappa shape index (κ1) is 21.0. The van der Waals surface area contributed by atoms with Crippen LogP contribution in [0.4, 0.5) is 10.5 Å². The molecule has 0 saturated carbocycles. The Morgan fingerprint density at radius 2 is 1.32 bits per heavy atom. The standard InChI is InChI=1S/C18H26NO5P/c1-12(2)25(13(3)4,15(16(20)23-5)17(21)24-6)18(22)19-14-10-8-7-9-11-14/h7-13H,1-6H3,(H,19,22). The van der Waals surface area contributed by atoms with Gasteiger partial charge in [0.15, 0.2) is 5.29 Å². The van der Waals surface area contributed by atoms with Crippen molar-refractivity contribution >= 4 is 35.5 Å². The number of methoxy groups -OCH3 is 2. The van der Waals surface area contributed by atoms with Crippen LogP contribution in [0, 0.1) is 0 Å². The predicted molar refractivity (Wildman–Crippen MR) is 102 cm³/mol. The van der Waals surface area contributed by atoms with E-state index in [-0.39, 0.29) is 22.3 Å². The fraction of sp³-hybridized carbons (Fsp3) is 0.444. The molecule has 138 valence electrons. The van der Waals surface area contributed by atoms with Crippen molar-refractivity contribution in [3.8, 4) is 0 Å². The molecule has 1 rings (SSSR count). The number of hydrogen-bond donors (Lipinski definition) is 1. The van der Waals surface area contributed by atoms with Gasteiger partial charge in [0.05, 0.1) is 14.2 Å². The zero-order chi connectivity index (χ0) is 19.2. The van der Waals surface area contributed by atoms with E-state index in [2.05, 4.69) is 5.32 Å². The van der Waals surface area contributed by atoms with E-state index in [1.54, 1.807) is 24.3 Å². The van der Waals surface area contributed by atoms with Crippen molar-refractivity contribution in [2.24, 2.45) is 0 Å². The molecule has 1 amide bonds. The lowest BCUT2D eigenvalue weighted by Crippen LogP contribution is -2.36. The maximum absolute atomic E-state index is 13.3. The second kappa shape index (κ2) is 8.86. The highest BCUT2D eigenvalue weighted by atomic mass is 31.2. The number of benzene rings is 1. The normalized spacial score (nSPS) is 11.2. The molecular weight excluding hydrogens is 341 g/mol. The van der Waals surface area contributed by atoms with Gasteiger partial charge in [-0.05, 0) is 23.5 Å². The Morgan fingerprint density at radius 1 is 0.880 bits per heavy atom. The van der Waals surface area contributed by atoms with Gasteiger partial charge in [-0.3, -0.25) is 4.79 Å².